The minimum absolute atomic E-state index is 0.257. The maximum atomic E-state index is 11.9. The fraction of sp³-hybridized carbons (Fsp3) is 0.154. The topological polar surface area (TPSA) is 98.4 Å². The molecule has 172 valence electrons. The number of esters is 1. The smallest absolute Gasteiger partial charge is 0.338 e. The van der Waals surface area contributed by atoms with Gasteiger partial charge >= 0.3 is 5.97 Å². The molecule has 7 nitrogen and oxygen atoms in total. The van der Waals surface area contributed by atoms with Gasteiger partial charge in [0.2, 0.25) is 0 Å². The molecule has 0 aliphatic rings. The minimum Gasteiger partial charge on any atom is -0.489 e. The number of carbonyl (C=O) groups excluding carboxylic acids is 1. The number of nitrogens with zero attached hydrogens (tertiary/aromatic N) is 2. The normalized spacial score (nSPS) is 11.2. The lowest BCUT2D eigenvalue weighted by Gasteiger charge is -2.09. The molecule has 1 aromatic heterocycles. The maximum absolute atomic E-state index is 11.9. The van der Waals surface area contributed by atoms with E-state index in [4.69, 9.17) is 9.47 Å². The quantitative estimate of drug-likeness (QED) is 0.361. The molecular formula is C26H22N2O5S. The van der Waals surface area contributed by atoms with E-state index in [1.165, 1.54) is 6.26 Å². The van der Waals surface area contributed by atoms with Crippen molar-refractivity contribution in [2.24, 2.45) is 0 Å². The van der Waals surface area contributed by atoms with Crippen LogP contribution in [0.2, 0.25) is 0 Å². The van der Waals surface area contributed by atoms with E-state index in [1.807, 2.05) is 22.8 Å². The molecule has 0 spiro atoms. The van der Waals surface area contributed by atoms with Crippen molar-refractivity contribution in [1.82, 2.24) is 4.57 Å². The zero-order valence-corrected chi connectivity index (χ0v) is 19.5. The number of hydrogen-bond donors (Lipinski definition) is 0. The highest BCUT2D eigenvalue weighted by atomic mass is 32.2. The summed E-state index contributed by atoms with van der Waals surface area (Å²) >= 11 is 0. The van der Waals surface area contributed by atoms with E-state index < -0.39 is 9.84 Å². The minimum atomic E-state index is -3.25. The number of ether oxygens (including phenoxy) is 2. The number of carbonyl (C=O) groups is 1. The zero-order chi connectivity index (χ0) is 24.3. The highest BCUT2D eigenvalue weighted by Crippen LogP contribution is 2.29. The Morgan fingerprint density at radius 2 is 1.74 bits per heavy atom. The highest BCUT2D eigenvalue weighted by molar-refractivity contribution is 7.90. The van der Waals surface area contributed by atoms with Crippen molar-refractivity contribution in [3.05, 3.63) is 89.6 Å². The van der Waals surface area contributed by atoms with Crippen molar-refractivity contribution in [2.45, 2.75) is 18.4 Å². The van der Waals surface area contributed by atoms with Gasteiger partial charge in [-0.05, 0) is 67.1 Å². The van der Waals surface area contributed by atoms with Crippen LogP contribution in [0.25, 0.3) is 16.6 Å². The molecule has 4 rings (SSSR count). The molecule has 0 saturated heterocycles. The molecule has 1 heterocycles. The van der Waals surface area contributed by atoms with E-state index in [2.05, 4.69) is 6.07 Å². The van der Waals surface area contributed by atoms with Gasteiger partial charge in [-0.1, -0.05) is 12.1 Å². The van der Waals surface area contributed by atoms with Crippen LogP contribution in [-0.2, 0) is 21.2 Å². The van der Waals surface area contributed by atoms with Crippen molar-refractivity contribution in [1.29, 1.82) is 5.26 Å². The molecule has 8 heteroatoms. The molecule has 0 atom stereocenters. The van der Waals surface area contributed by atoms with Crippen molar-refractivity contribution in [3.8, 4) is 17.5 Å². The van der Waals surface area contributed by atoms with Crippen LogP contribution in [0.15, 0.2) is 77.8 Å². The first kappa shape index (κ1) is 23.1. The van der Waals surface area contributed by atoms with E-state index in [-0.39, 0.29) is 17.5 Å². The first-order valence-electron chi connectivity index (χ1n) is 10.5. The van der Waals surface area contributed by atoms with Crippen LogP contribution in [0.5, 0.6) is 5.75 Å². The lowest BCUT2D eigenvalue weighted by Crippen LogP contribution is -2.04. The Bertz CT molecular complexity index is 1500. The summed E-state index contributed by atoms with van der Waals surface area (Å²) in [6.45, 7) is 2.33. The average Bonchev–Trinajstić information content (AvgIpc) is 3.21. The lowest BCUT2D eigenvalue weighted by atomic mass is 10.2. The van der Waals surface area contributed by atoms with E-state index in [0.717, 1.165) is 22.2 Å². The van der Waals surface area contributed by atoms with Crippen LogP contribution in [0.1, 0.15) is 28.4 Å². The highest BCUT2D eigenvalue weighted by Gasteiger charge is 2.13. The van der Waals surface area contributed by atoms with Crippen LogP contribution < -0.4 is 4.74 Å². The summed E-state index contributed by atoms with van der Waals surface area (Å²) in [4.78, 5) is 12.2. The molecule has 0 aliphatic heterocycles. The van der Waals surface area contributed by atoms with Crippen LogP contribution in [0.4, 0.5) is 0 Å². The predicted molar refractivity (Wildman–Crippen MR) is 128 cm³/mol. The van der Waals surface area contributed by atoms with Crippen LogP contribution in [0, 0.1) is 11.3 Å². The first-order valence-corrected chi connectivity index (χ1v) is 12.4. The second-order valence-corrected chi connectivity index (χ2v) is 9.69. The molecule has 0 radical (unpaired) electrons. The number of benzene rings is 3. The SMILES string of the molecule is CCOC(=O)c1ccc(-n2cc(C#N)c3cc(OCc4ccc(S(C)(=O)=O)cc4)ccc32)cc1. The second-order valence-electron chi connectivity index (χ2n) is 7.68. The van der Waals surface area contributed by atoms with Gasteiger partial charge in [-0.2, -0.15) is 5.26 Å². The molecule has 0 unspecified atom stereocenters. The Balaban J connectivity index is 1.57. The Morgan fingerprint density at radius 3 is 2.35 bits per heavy atom. The number of fused-ring (bicyclic) bond motifs is 1. The van der Waals surface area contributed by atoms with E-state index >= 15 is 0 Å². The summed E-state index contributed by atoms with van der Waals surface area (Å²) in [6, 6.07) is 21.2. The van der Waals surface area contributed by atoms with E-state index in [9.17, 15) is 18.5 Å². The number of nitriles is 1. The van der Waals surface area contributed by atoms with Gasteiger partial charge in [0.1, 0.15) is 18.4 Å². The summed E-state index contributed by atoms with van der Waals surface area (Å²) in [5, 5.41) is 10.4. The van der Waals surface area contributed by atoms with Gasteiger partial charge in [0.25, 0.3) is 0 Å². The average molecular weight is 475 g/mol. The standard InChI is InChI=1S/C26H22N2O5S/c1-3-32-26(29)19-6-8-21(9-7-19)28-16-20(15-27)24-14-22(10-13-25(24)28)33-17-18-4-11-23(12-5-18)34(2,30)31/h4-14,16H,3,17H2,1-2H3. The fourth-order valence-electron chi connectivity index (χ4n) is 3.57. The van der Waals surface area contributed by atoms with Crippen LogP contribution in [0.3, 0.4) is 0 Å². The molecule has 0 saturated carbocycles. The van der Waals surface area contributed by atoms with Gasteiger partial charge in [0.05, 0.1) is 28.1 Å². The Morgan fingerprint density at radius 1 is 1.03 bits per heavy atom. The van der Waals surface area contributed by atoms with Crippen molar-refractivity contribution in [3.63, 3.8) is 0 Å². The molecule has 3 aromatic carbocycles. The zero-order valence-electron chi connectivity index (χ0n) is 18.7. The number of rotatable bonds is 7. The van der Waals surface area contributed by atoms with Gasteiger partial charge in [0.15, 0.2) is 9.84 Å². The number of hydrogen-bond acceptors (Lipinski definition) is 6. The lowest BCUT2D eigenvalue weighted by molar-refractivity contribution is 0.0526. The first-order chi connectivity index (χ1) is 16.3. The third-order valence-corrected chi connectivity index (χ3v) is 6.44. The summed E-state index contributed by atoms with van der Waals surface area (Å²) in [6.07, 6.45) is 2.92. The molecule has 0 aliphatic carbocycles. The molecule has 4 aromatic rings. The van der Waals surface area contributed by atoms with Gasteiger partial charge in [0, 0.05) is 23.5 Å². The van der Waals surface area contributed by atoms with Crippen molar-refractivity contribution in [2.75, 3.05) is 12.9 Å². The van der Waals surface area contributed by atoms with Crippen molar-refractivity contribution < 1.29 is 22.7 Å². The summed E-state index contributed by atoms with van der Waals surface area (Å²) in [5.74, 6) is 0.212. The summed E-state index contributed by atoms with van der Waals surface area (Å²) in [7, 11) is -3.25. The van der Waals surface area contributed by atoms with Gasteiger partial charge in [-0.3, -0.25) is 0 Å². The van der Waals surface area contributed by atoms with Gasteiger partial charge in [-0.15, -0.1) is 0 Å². The summed E-state index contributed by atoms with van der Waals surface area (Å²) in [5.41, 5.74) is 3.41. The molecule has 0 amide bonds. The second kappa shape index (κ2) is 9.41. The maximum Gasteiger partial charge on any atom is 0.338 e. The van der Waals surface area contributed by atoms with Crippen molar-refractivity contribution >= 4 is 26.7 Å². The molecule has 34 heavy (non-hydrogen) atoms. The Kier molecular flexibility index (Phi) is 6.39. The molecule has 0 fully saturated rings. The number of sulfone groups is 1. The van der Waals surface area contributed by atoms with E-state index in [0.29, 0.717) is 23.5 Å². The summed E-state index contributed by atoms with van der Waals surface area (Å²) < 4.78 is 36.0. The Labute approximate surface area is 197 Å². The third kappa shape index (κ3) is 4.80. The van der Waals surface area contributed by atoms with Crippen LogP contribution in [-0.4, -0.2) is 31.8 Å². The van der Waals surface area contributed by atoms with E-state index in [1.54, 1.807) is 61.7 Å². The largest absolute Gasteiger partial charge is 0.489 e. The fourth-order valence-corrected chi connectivity index (χ4v) is 4.20. The van der Waals surface area contributed by atoms with Gasteiger partial charge in [-0.25, -0.2) is 13.2 Å². The third-order valence-electron chi connectivity index (χ3n) is 5.31. The van der Waals surface area contributed by atoms with Gasteiger partial charge < -0.3 is 14.0 Å². The number of aromatic nitrogens is 1. The van der Waals surface area contributed by atoms with Crippen LogP contribution >= 0.6 is 0 Å². The molecule has 0 bridgehead atoms. The molecule has 0 N–H and O–H groups in total. The molecular weight excluding hydrogens is 452 g/mol. The monoisotopic (exact) mass is 474 g/mol. The predicted octanol–water partition coefficient (Wildman–Crippen LogP) is 4.66. The Hall–Kier alpha value is -4.09.